The number of ether oxygens (including phenoxy) is 3. The average molecular weight is 178 g/mol. The standard InChI is InChI=1S/C7H14O5/c1-10-3-7(9)4-12-6(11-2)5(7)8/h5-6,8-9H,3-4H2,1-2H3. The van der Waals surface area contributed by atoms with Gasteiger partial charge in [0.25, 0.3) is 0 Å². The third-order valence-corrected chi connectivity index (χ3v) is 1.93. The first kappa shape index (κ1) is 9.88. The van der Waals surface area contributed by atoms with Gasteiger partial charge in [0.2, 0.25) is 0 Å². The van der Waals surface area contributed by atoms with Crippen LogP contribution in [-0.4, -0.2) is 55.6 Å². The van der Waals surface area contributed by atoms with E-state index >= 15 is 0 Å². The summed E-state index contributed by atoms with van der Waals surface area (Å²) in [5.74, 6) is 0. The van der Waals surface area contributed by atoms with Crippen molar-refractivity contribution < 1.29 is 24.4 Å². The van der Waals surface area contributed by atoms with E-state index in [1.54, 1.807) is 0 Å². The van der Waals surface area contributed by atoms with E-state index in [0.29, 0.717) is 0 Å². The van der Waals surface area contributed by atoms with Gasteiger partial charge in [-0.1, -0.05) is 0 Å². The van der Waals surface area contributed by atoms with Crippen LogP contribution in [0, 0.1) is 0 Å². The van der Waals surface area contributed by atoms with Crippen LogP contribution in [0.5, 0.6) is 0 Å². The number of aliphatic hydroxyl groups is 2. The van der Waals surface area contributed by atoms with Gasteiger partial charge >= 0.3 is 0 Å². The monoisotopic (exact) mass is 178 g/mol. The minimum atomic E-state index is -1.34. The number of hydrogen-bond acceptors (Lipinski definition) is 5. The summed E-state index contributed by atoms with van der Waals surface area (Å²) in [7, 11) is 2.86. The van der Waals surface area contributed by atoms with Crippen LogP contribution in [0.25, 0.3) is 0 Å². The maximum absolute atomic E-state index is 9.68. The molecule has 12 heavy (non-hydrogen) atoms. The Morgan fingerprint density at radius 2 is 2.25 bits per heavy atom. The minimum Gasteiger partial charge on any atom is -0.385 e. The van der Waals surface area contributed by atoms with Crippen LogP contribution in [0.15, 0.2) is 0 Å². The first-order chi connectivity index (χ1) is 5.64. The minimum absolute atomic E-state index is 0.0283. The molecule has 0 bridgehead atoms. The number of rotatable bonds is 3. The fourth-order valence-electron chi connectivity index (χ4n) is 1.23. The van der Waals surface area contributed by atoms with Crippen molar-refractivity contribution in [3.05, 3.63) is 0 Å². The van der Waals surface area contributed by atoms with E-state index in [-0.39, 0.29) is 13.2 Å². The maximum Gasteiger partial charge on any atom is 0.186 e. The van der Waals surface area contributed by atoms with Gasteiger partial charge in [0.05, 0.1) is 13.2 Å². The van der Waals surface area contributed by atoms with Gasteiger partial charge in [0.15, 0.2) is 6.29 Å². The van der Waals surface area contributed by atoms with E-state index in [9.17, 15) is 10.2 Å². The molecule has 1 heterocycles. The molecule has 72 valence electrons. The zero-order valence-corrected chi connectivity index (χ0v) is 7.19. The molecule has 3 unspecified atom stereocenters. The zero-order valence-electron chi connectivity index (χ0n) is 7.19. The lowest BCUT2D eigenvalue weighted by atomic mass is 10.0. The lowest BCUT2D eigenvalue weighted by Crippen LogP contribution is -2.47. The van der Waals surface area contributed by atoms with E-state index < -0.39 is 18.0 Å². The molecule has 0 radical (unpaired) electrons. The molecule has 0 aromatic rings. The van der Waals surface area contributed by atoms with Crippen LogP contribution in [0.2, 0.25) is 0 Å². The second-order valence-corrected chi connectivity index (χ2v) is 2.90. The van der Waals surface area contributed by atoms with Gasteiger partial charge in [-0.05, 0) is 0 Å². The predicted molar refractivity (Wildman–Crippen MR) is 39.6 cm³/mol. The summed E-state index contributed by atoms with van der Waals surface area (Å²) in [6, 6.07) is 0. The van der Waals surface area contributed by atoms with Gasteiger partial charge in [0, 0.05) is 14.2 Å². The number of aliphatic hydroxyl groups excluding tert-OH is 1. The van der Waals surface area contributed by atoms with E-state index in [1.165, 1.54) is 14.2 Å². The van der Waals surface area contributed by atoms with Crippen LogP contribution in [0.4, 0.5) is 0 Å². The molecule has 1 rings (SSSR count). The van der Waals surface area contributed by atoms with E-state index in [2.05, 4.69) is 0 Å². The fraction of sp³-hybridized carbons (Fsp3) is 1.00. The quantitative estimate of drug-likeness (QED) is 0.564. The third kappa shape index (κ3) is 1.60. The van der Waals surface area contributed by atoms with Crippen LogP contribution < -0.4 is 0 Å². The third-order valence-electron chi connectivity index (χ3n) is 1.93. The molecule has 0 aromatic heterocycles. The summed E-state index contributed by atoms with van der Waals surface area (Å²) in [6.07, 6.45) is -1.81. The first-order valence-electron chi connectivity index (χ1n) is 3.68. The highest BCUT2D eigenvalue weighted by Crippen LogP contribution is 2.25. The molecule has 2 N–H and O–H groups in total. The Hall–Kier alpha value is -0.200. The topological polar surface area (TPSA) is 68.2 Å². The lowest BCUT2D eigenvalue weighted by molar-refractivity contribution is -0.147. The first-order valence-corrected chi connectivity index (χ1v) is 3.68. The van der Waals surface area contributed by atoms with Crippen molar-refractivity contribution >= 4 is 0 Å². The normalized spacial score (nSPS) is 42.0. The Balaban J connectivity index is 2.57. The van der Waals surface area contributed by atoms with Gasteiger partial charge < -0.3 is 24.4 Å². The summed E-state index contributed by atoms with van der Waals surface area (Å²) in [5.41, 5.74) is -1.34. The van der Waals surface area contributed by atoms with Crippen molar-refractivity contribution in [3.8, 4) is 0 Å². The summed E-state index contributed by atoms with van der Waals surface area (Å²) in [5, 5.41) is 19.1. The van der Waals surface area contributed by atoms with Crippen LogP contribution >= 0.6 is 0 Å². The van der Waals surface area contributed by atoms with Crippen molar-refractivity contribution in [1.82, 2.24) is 0 Å². The SMILES string of the molecule is COCC1(O)COC(OC)C1O. The molecule has 1 aliphatic heterocycles. The average Bonchev–Trinajstić information content (AvgIpc) is 2.30. The van der Waals surface area contributed by atoms with Crippen molar-refractivity contribution in [2.24, 2.45) is 0 Å². The largest absolute Gasteiger partial charge is 0.385 e. The molecule has 0 spiro atoms. The summed E-state index contributed by atoms with van der Waals surface area (Å²) < 4.78 is 14.5. The zero-order chi connectivity index (χ0) is 9.19. The van der Waals surface area contributed by atoms with E-state index in [1.807, 2.05) is 0 Å². The predicted octanol–water partition coefficient (Wildman–Crippen LogP) is -1.27. The van der Waals surface area contributed by atoms with E-state index in [4.69, 9.17) is 14.2 Å². The van der Waals surface area contributed by atoms with Gasteiger partial charge in [0.1, 0.15) is 11.7 Å². The van der Waals surface area contributed by atoms with E-state index in [0.717, 1.165) is 0 Å². The molecular formula is C7H14O5. The lowest BCUT2D eigenvalue weighted by Gasteiger charge is -2.24. The molecule has 0 aromatic carbocycles. The number of hydrogen-bond donors (Lipinski definition) is 2. The number of methoxy groups -OCH3 is 2. The van der Waals surface area contributed by atoms with Crippen molar-refractivity contribution in [2.75, 3.05) is 27.4 Å². The summed E-state index contributed by atoms with van der Waals surface area (Å²) in [4.78, 5) is 0. The molecule has 0 saturated carbocycles. The highest BCUT2D eigenvalue weighted by atomic mass is 16.7. The van der Waals surface area contributed by atoms with Crippen LogP contribution in [0.1, 0.15) is 0 Å². The van der Waals surface area contributed by atoms with Crippen molar-refractivity contribution in [2.45, 2.75) is 18.0 Å². The van der Waals surface area contributed by atoms with Gasteiger partial charge in [-0.3, -0.25) is 0 Å². The Bertz CT molecular complexity index is 151. The van der Waals surface area contributed by atoms with Crippen LogP contribution in [-0.2, 0) is 14.2 Å². The molecule has 0 amide bonds. The van der Waals surface area contributed by atoms with Gasteiger partial charge in [-0.25, -0.2) is 0 Å². The second-order valence-electron chi connectivity index (χ2n) is 2.90. The Morgan fingerprint density at radius 1 is 1.58 bits per heavy atom. The summed E-state index contributed by atoms with van der Waals surface area (Å²) >= 11 is 0. The molecule has 1 saturated heterocycles. The Morgan fingerprint density at radius 3 is 2.67 bits per heavy atom. The Kier molecular flexibility index (Phi) is 3.03. The van der Waals surface area contributed by atoms with Crippen molar-refractivity contribution in [1.29, 1.82) is 0 Å². The van der Waals surface area contributed by atoms with Gasteiger partial charge in [-0.2, -0.15) is 0 Å². The molecule has 5 heteroatoms. The highest BCUT2D eigenvalue weighted by Gasteiger charge is 2.48. The molecule has 0 aliphatic carbocycles. The highest BCUT2D eigenvalue weighted by molar-refractivity contribution is 4.93. The Labute approximate surface area is 70.9 Å². The summed E-state index contributed by atoms with van der Waals surface area (Å²) in [6.45, 7) is 0.0640. The molecule has 3 atom stereocenters. The molecular weight excluding hydrogens is 164 g/mol. The van der Waals surface area contributed by atoms with Gasteiger partial charge in [-0.15, -0.1) is 0 Å². The maximum atomic E-state index is 9.68. The fourth-order valence-corrected chi connectivity index (χ4v) is 1.23. The smallest absolute Gasteiger partial charge is 0.186 e. The second kappa shape index (κ2) is 3.68. The molecule has 1 fully saturated rings. The molecule has 5 nitrogen and oxygen atoms in total. The van der Waals surface area contributed by atoms with Crippen LogP contribution in [0.3, 0.4) is 0 Å². The molecule has 1 aliphatic rings. The van der Waals surface area contributed by atoms with Crippen molar-refractivity contribution in [3.63, 3.8) is 0 Å².